The van der Waals surface area contributed by atoms with Crippen molar-refractivity contribution in [1.82, 2.24) is 4.98 Å². The molecule has 5 aliphatic rings. The second-order valence-electron chi connectivity index (χ2n) is 13.5. The van der Waals surface area contributed by atoms with Crippen molar-refractivity contribution in [2.24, 2.45) is 17.3 Å². The van der Waals surface area contributed by atoms with Gasteiger partial charge in [0.15, 0.2) is 11.2 Å². The highest BCUT2D eigenvalue weighted by atomic mass is 16.7. The number of carbonyl (C=O) groups excluding carboxylic acids is 1. The number of carboxylic acids is 1. The Morgan fingerprint density at radius 1 is 1.19 bits per heavy atom. The van der Waals surface area contributed by atoms with Gasteiger partial charge in [-0.15, -0.1) is 6.58 Å². The average molecular weight is 660 g/mol. The van der Waals surface area contributed by atoms with Crippen LogP contribution in [0, 0.1) is 17.3 Å². The number of aromatic nitrogens is 1. The Balaban J connectivity index is 1.48. The van der Waals surface area contributed by atoms with Crippen molar-refractivity contribution in [2.75, 3.05) is 26.9 Å². The van der Waals surface area contributed by atoms with E-state index in [4.69, 9.17) is 18.9 Å². The molecule has 1 saturated heterocycles. The standard InChI is InChI=1S/C34H45NO12/c1-3-19-21(15-26(39)40)22(29(41)44-2)16-31(10-4-5-11-31)28(19)47-33(18-38)32(43)12-8-23-20-9-13-35-27(20)24(7-6-14-36)45-34(23,30(32)42)25(17-37)46-33/h3,9,13,16,19,21,25,28,30,35-38,42-43H,1,4-8,10-12,14-15,17-18H2,2H3,(H,39,40)/t19-,21+,25-,28+,30-,32-,33+,34-/m1/s1. The highest BCUT2D eigenvalue weighted by Crippen LogP contribution is 2.60. The second kappa shape index (κ2) is 12.4. The predicted molar refractivity (Wildman–Crippen MR) is 164 cm³/mol. The molecule has 2 saturated carbocycles. The van der Waals surface area contributed by atoms with E-state index in [1.54, 1.807) is 12.3 Å². The number of aliphatic carboxylic acids is 1. The Bertz CT molecular complexity index is 1560. The topological polar surface area (TPSA) is 208 Å². The van der Waals surface area contributed by atoms with Gasteiger partial charge in [-0.2, -0.15) is 0 Å². The van der Waals surface area contributed by atoms with E-state index in [2.05, 4.69) is 11.6 Å². The average Bonchev–Trinajstić information content (AvgIpc) is 3.75. The lowest BCUT2D eigenvalue weighted by Gasteiger charge is -2.65. The molecule has 1 aromatic heterocycles. The van der Waals surface area contributed by atoms with Crippen LogP contribution < -0.4 is 10.6 Å². The number of rotatable bonds is 11. The quantitative estimate of drug-likeness (QED) is 0.121. The van der Waals surface area contributed by atoms with Gasteiger partial charge >= 0.3 is 11.9 Å². The number of hydrogen-bond acceptors (Lipinski definition) is 11. The molecular weight excluding hydrogens is 614 g/mol. The maximum Gasteiger partial charge on any atom is 0.333 e. The zero-order valence-electron chi connectivity index (χ0n) is 26.5. The zero-order chi connectivity index (χ0) is 33.8. The lowest BCUT2D eigenvalue weighted by atomic mass is 9.60. The van der Waals surface area contributed by atoms with Crippen LogP contribution >= 0.6 is 0 Å². The van der Waals surface area contributed by atoms with Gasteiger partial charge in [0.1, 0.15) is 24.6 Å². The fourth-order valence-electron chi connectivity index (χ4n) is 9.13. The smallest absolute Gasteiger partial charge is 0.333 e. The summed E-state index contributed by atoms with van der Waals surface area (Å²) in [4.78, 5) is 28.3. The summed E-state index contributed by atoms with van der Waals surface area (Å²) in [6, 6.07) is 1.83. The summed E-state index contributed by atoms with van der Waals surface area (Å²) in [6.07, 6.45) is 3.94. The Morgan fingerprint density at radius 3 is 2.55 bits per heavy atom. The van der Waals surface area contributed by atoms with Crippen LogP contribution in [0.3, 0.4) is 0 Å². The summed E-state index contributed by atoms with van der Waals surface area (Å²) in [5.74, 6) is -5.38. The molecule has 3 heterocycles. The molecule has 0 aromatic carbocycles. The van der Waals surface area contributed by atoms with Crippen LogP contribution in [0.1, 0.15) is 57.8 Å². The first-order valence-corrected chi connectivity index (χ1v) is 16.3. The number of carbonyl (C=O) groups is 2. The molecule has 6 rings (SSSR count). The van der Waals surface area contributed by atoms with Crippen molar-refractivity contribution in [3.63, 3.8) is 0 Å². The molecule has 47 heavy (non-hydrogen) atoms. The van der Waals surface area contributed by atoms with E-state index in [0.29, 0.717) is 42.4 Å². The maximum atomic E-state index is 13.0. The lowest BCUT2D eigenvalue weighted by molar-refractivity contribution is -0.439. The van der Waals surface area contributed by atoms with Gasteiger partial charge in [0.05, 0.1) is 31.6 Å². The number of fused-ring (bicyclic) bond motifs is 2. The van der Waals surface area contributed by atoms with E-state index in [0.717, 1.165) is 18.1 Å². The normalized spacial score (nSPS) is 37.1. The van der Waals surface area contributed by atoms with E-state index in [-0.39, 0.29) is 25.0 Å². The molecule has 1 aromatic rings. The molecule has 2 spiro atoms. The monoisotopic (exact) mass is 659 g/mol. The van der Waals surface area contributed by atoms with Gasteiger partial charge in [0, 0.05) is 47.3 Å². The summed E-state index contributed by atoms with van der Waals surface area (Å²) < 4.78 is 25.0. The van der Waals surface area contributed by atoms with Crippen molar-refractivity contribution >= 4 is 23.3 Å². The highest BCUT2D eigenvalue weighted by molar-refractivity contribution is 5.90. The van der Waals surface area contributed by atoms with Crippen molar-refractivity contribution in [3.8, 4) is 0 Å². The van der Waals surface area contributed by atoms with Crippen LogP contribution in [-0.2, 0) is 28.5 Å². The zero-order valence-corrected chi connectivity index (χ0v) is 26.5. The molecule has 3 fully saturated rings. The van der Waals surface area contributed by atoms with E-state index < -0.39 is 84.1 Å². The minimum absolute atomic E-state index is 0.107. The Labute approximate surface area is 271 Å². The van der Waals surface area contributed by atoms with Crippen molar-refractivity contribution in [3.05, 3.63) is 47.1 Å². The van der Waals surface area contributed by atoms with Gasteiger partial charge in [-0.3, -0.25) is 4.79 Å². The molecular formula is C34H45NO12. The molecule has 13 heteroatoms. The SMILES string of the molecule is C=C[C@@H]1[C@H](CC(=O)O)C(C(=O)OC)=CC2(CCCC2)[C@H]1O[C@]1(CO)O[C@H](CO)[C@]23OC(CCCO)=c4[nH]ccc4=C2CC[C@@]1(O)[C@H]3O. The molecule has 0 amide bonds. The fraction of sp³-hybridized carbons (Fsp3) is 0.647. The number of methoxy groups -OCH3 is 1. The van der Waals surface area contributed by atoms with Crippen molar-refractivity contribution < 1.29 is 59.2 Å². The number of H-pyrrole nitrogens is 1. The minimum Gasteiger partial charge on any atom is -0.481 e. The van der Waals surface area contributed by atoms with Crippen LogP contribution in [0.5, 0.6) is 0 Å². The Morgan fingerprint density at radius 2 is 1.94 bits per heavy atom. The van der Waals surface area contributed by atoms with Crippen LogP contribution in [0.15, 0.2) is 36.6 Å². The number of aliphatic hydroxyl groups is 5. The maximum absolute atomic E-state index is 13.0. The van der Waals surface area contributed by atoms with Crippen molar-refractivity contribution in [1.29, 1.82) is 0 Å². The highest BCUT2D eigenvalue weighted by Gasteiger charge is 2.76. The summed E-state index contributed by atoms with van der Waals surface area (Å²) in [6.45, 7) is 2.27. The Kier molecular flexibility index (Phi) is 8.96. The molecule has 8 atom stereocenters. The number of aromatic amines is 1. The lowest BCUT2D eigenvalue weighted by Crippen LogP contribution is -2.83. The van der Waals surface area contributed by atoms with Gasteiger partial charge in [-0.05, 0) is 43.7 Å². The third-order valence-electron chi connectivity index (χ3n) is 11.3. The van der Waals surface area contributed by atoms with Crippen LogP contribution in [0.4, 0.5) is 0 Å². The van der Waals surface area contributed by atoms with Gasteiger partial charge < -0.3 is 54.6 Å². The summed E-state index contributed by atoms with van der Waals surface area (Å²) in [7, 11) is 1.23. The first kappa shape index (κ1) is 33.8. The molecule has 13 nitrogen and oxygen atoms in total. The predicted octanol–water partition coefficient (Wildman–Crippen LogP) is -0.268. The Hall–Kier alpha value is -3.04. The van der Waals surface area contributed by atoms with E-state index in [1.165, 1.54) is 13.2 Å². The molecule has 0 radical (unpaired) electrons. The van der Waals surface area contributed by atoms with Crippen LogP contribution in [0.25, 0.3) is 11.3 Å². The fourth-order valence-corrected chi connectivity index (χ4v) is 9.13. The molecule has 258 valence electrons. The van der Waals surface area contributed by atoms with Gasteiger partial charge in [-0.25, -0.2) is 4.79 Å². The second-order valence-corrected chi connectivity index (χ2v) is 13.5. The first-order chi connectivity index (χ1) is 22.5. The number of nitrogens with one attached hydrogen (secondary N) is 1. The molecule has 2 bridgehead atoms. The molecule has 3 aliphatic carbocycles. The number of ether oxygens (including phenoxy) is 4. The third kappa shape index (κ3) is 4.85. The number of carboxylic acid groups (broad SMARTS) is 1. The molecule has 2 aliphatic heterocycles. The molecule has 0 unspecified atom stereocenters. The number of hydrogen-bond donors (Lipinski definition) is 7. The largest absolute Gasteiger partial charge is 0.481 e. The third-order valence-corrected chi connectivity index (χ3v) is 11.3. The minimum atomic E-state index is -2.30. The van der Waals surface area contributed by atoms with Crippen LogP contribution in [0.2, 0.25) is 0 Å². The van der Waals surface area contributed by atoms with E-state index >= 15 is 0 Å². The molecule has 7 N–H and O–H groups in total. The van der Waals surface area contributed by atoms with Crippen molar-refractivity contribution in [2.45, 2.75) is 93.1 Å². The van der Waals surface area contributed by atoms with E-state index in [9.17, 15) is 40.2 Å². The summed E-state index contributed by atoms with van der Waals surface area (Å²) >= 11 is 0. The van der Waals surface area contributed by atoms with Crippen LogP contribution in [-0.4, -0.2) is 110 Å². The first-order valence-electron chi connectivity index (χ1n) is 16.3. The number of aliphatic hydroxyl groups excluding tert-OH is 4. The van der Waals surface area contributed by atoms with Gasteiger partial charge in [0.25, 0.3) is 0 Å². The van der Waals surface area contributed by atoms with Gasteiger partial charge in [-0.1, -0.05) is 25.0 Å². The van der Waals surface area contributed by atoms with Gasteiger partial charge in [0.2, 0.25) is 5.79 Å². The summed E-state index contributed by atoms with van der Waals surface area (Å²) in [5, 5.41) is 67.7. The summed E-state index contributed by atoms with van der Waals surface area (Å²) in [5.41, 5.74) is -4.04. The number of esters is 1. The van der Waals surface area contributed by atoms with E-state index in [1.807, 2.05) is 6.07 Å².